The number of nitrogens with zero attached hydrogens (tertiary/aromatic N) is 1. The van der Waals surface area contributed by atoms with Gasteiger partial charge in [0.1, 0.15) is 0 Å². The number of methoxy groups -OCH3 is 1. The maximum Gasteiger partial charge on any atom is 0.339 e. The number of anilines is 1. The molecular weight excluding hydrogens is 328 g/mol. The van der Waals surface area contributed by atoms with Crippen LogP contribution in [-0.2, 0) is 16.1 Å². The molecule has 1 heterocycles. The number of ether oxygens (including phenoxy) is 1. The molecule has 1 N–H and O–H groups in total. The summed E-state index contributed by atoms with van der Waals surface area (Å²) in [5.74, 6) is -0.507. The fraction of sp³-hybridized carbons (Fsp3) is 0.333. The first kappa shape index (κ1) is 18.1. The lowest BCUT2D eigenvalue weighted by molar-refractivity contribution is -0.121. The van der Waals surface area contributed by atoms with E-state index in [2.05, 4.69) is 22.3 Å². The van der Waals surface area contributed by atoms with Crippen LogP contribution in [0.1, 0.15) is 28.8 Å². The van der Waals surface area contributed by atoms with E-state index in [0.29, 0.717) is 11.3 Å². The van der Waals surface area contributed by atoms with Crippen molar-refractivity contribution in [2.75, 3.05) is 25.5 Å². The molecule has 3 rings (SSSR count). The zero-order chi connectivity index (χ0) is 18.4. The van der Waals surface area contributed by atoms with Gasteiger partial charge in [0.25, 0.3) is 0 Å². The molecule has 5 heteroatoms. The Balaban J connectivity index is 1.55. The van der Waals surface area contributed by atoms with Crippen molar-refractivity contribution in [1.29, 1.82) is 0 Å². The van der Waals surface area contributed by atoms with E-state index in [1.54, 1.807) is 24.3 Å². The van der Waals surface area contributed by atoms with E-state index in [-0.39, 0.29) is 11.8 Å². The van der Waals surface area contributed by atoms with Crippen LogP contribution in [0.5, 0.6) is 0 Å². The number of esters is 1. The molecule has 0 radical (unpaired) electrons. The molecule has 136 valence electrons. The first-order valence-electron chi connectivity index (χ1n) is 8.92. The third-order valence-corrected chi connectivity index (χ3v) is 4.80. The van der Waals surface area contributed by atoms with Crippen molar-refractivity contribution in [3.8, 4) is 0 Å². The summed E-state index contributed by atoms with van der Waals surface area (Å²) in [6, 6.07) is 17.3. The fourth-order valence-corrected chi connectivity index (χ4v) is 3.31. The Kier molecular flexibility index (Phi) is 6.02. The highest BCUT2D eigenvalue weighted by Crippen LogP contribution is 2.22. The van der Waals surface area contributed by atoms with Gasteiger partial charge in [-0.2, -0.15) is 0 Å². The Morgan fingerprint density at radius 2 is 1.69 bits per heavy atom. The Morgan fingerprint density at radius 3 is 2.38 bits per heavy atom. The highest BCUT2D eigenvalue weighted by molar-refractivity contribution is 6.01. The van der Waals surface area contributed by atoms with Crippen molar-refractivity contribution in [3.63, 3.8) is 0 Å². The number of amides is 1. The van der Waals surface area contributed by atoms with E-state index in [9.17, 15) is 9.59 Å². The lowest BCUT2D eigenvalue weighted by Crippen LogP contribution is -2.37. The molecule has 0 atom stereocenters. The summed E-state index contributed by atoms with van der Waals surface area (Å²) in [7, 11) is 1.34. The number of hydrogen-bond acceptors (Lipinski definition) is 4. The maximum atomic E-state index is 12.6. The molecule has 5 nitrogen and oxygen atoms in total. The molecule has 0 aliphatic carbocycles. The summed E-state index contributed by atoms with van der Waals surface area (Å²) in [5.41, 5.74) is 2.18. The van der Waals surface area contributed by atoms with Crippen molar-refractivity contribution in [2.45, 2.75) is 19.4 Å². The first-order chi connectivity index (χ1) is 12.7. The van der Waals surface area contributed by atoms with Gasteiger partial charge in [-0.05, 0) is 43.6 Å². The first-order valence-corrected chi connectivity index (χ1v) is 8.92. The molecule has 1 fully saturated rings. The van der Waals surface area contributed by atoms with Crippen LogP contribution in [0.3, 0.4) is 0 Å². The minimum Gasteiger partial charge on any atom is -0.465 e. The number of carbonyl (C=O) groups is 2. The number of benzene rings is 2. The molecule has 0 unspecified atom stereocenters. The molecule has 2 aromatic rings. The third kappa shape index (κ3) is 4.49. The van der Waals surface area contributed by atoms with Gasteiger partial charge in [0, 0.05) is 12.5 Å². The Labute approximate surface area is 154 Å². The van der Waals surface area contributed by atoms with Crippen molar-refractivity contribution in [2.24, 2.45) is 5.92 Å². The molecule has 0 bridgehead atoms. The quantitative estimate of drug-likeness (QED) is 0.839. The zero-order valence-corrected chi connectivity index (χ0v) is 15.0. The van der Waals surface area contributed by atoms with Crippen LogP contribution >= 0.6 is 0 Å². The predicted molar refractivity (Wildman–Crippen MR) is 101 cm³/mol. The highest BCUT2D eigenvalue weighted by Gasteiger charge is 2.26. The largest absolute Gasteiger partial charge is 0.465 e. The summed E-state index contributed by atoms with van der Waals surface area (Å²) < 4.78 is 4.78. The molecule has 1 amide bonds. The Hall–Kier alpha value is -2.66. The van der Waals surface area contributed by atoms with Gasteiger partial charge in [-0.1, -0.05) is 42.5 Å². The van der Waals surface area contributed by atoms with E-state index in [1.165, 1.54) is 12.7 Å². The average Bonchev–Trinajstić information content (AvgIpc) is 2.69. The van der Waals surface area contributed by atoms with Crippen LogP contribution in [0.15, 0.2) is 54.6 Å². The SMILES string of the molecule is COC(=O)c1ccccc1NC(=O)C1CCN(Cc2ccccc2)CC1. The number of piperidine rings is 1. The van der Waals surface area contributed by atoms with E-state index in [1.807, 2.05) is 18.2 Å². The number of likely N-dealkylation sites (tertiary alicyclic amines) is 1. The number of hydrogen-bond donors (Lipinski definition) is 1. The van der Waals surface area contributed by atoms with Gasteiger partial charge in [-0.3, -0.25) is 9.69 Å². The predicted octanol–water partition coefficient (Wildman–Crippen LogP) is 3.32. The van der Waals surface area contributed by atoms with E-state index in [4.69, 9.17) is 4.74 Å². The summed E-state index contributed by atoms with van der Waals surface area (Å²) in [6.45, 7) is 2.71. The lowest BCUT2D eigenvalue weighted by atomic mass is 9.95. The van der Waals surface area contributed by atoms with Gasteiger partial charge < -0.3 is 10.1 Å². The van der Waals surface area contributed by atoms with Gasteiger partial charge in [-0.15, -0.1) is 0 Å². The van der Waals surface area contributed by atoms with E-state index < -0.39 is 5.97 Å². The van der Waals surface area contributed by atoms with E-state index >= 15 is 0 Å². The van der Waals surface area contributed by atoms with Crippen LogP contribution in [0, 0.1) is 5.92 Å². The van der Waals surface area contributed by atoms with Crippen LogP contribution in [0.2, 0.25) is 0 Å². The number of carbonyl (C=O) groups excluding carboxylic acids is 2. The smallest absolute Gasteiger partial charge is 0.339 e. The summed E-state index contributed by atoms with van der Waals surface area (Å²) in [4.78, 5) is 26.8. The second kappa shape index (κ2) is 8.63. The molecule has 1 aliphatic rings. The van der Waals surface area contributed by atoms with Gasteiger partial charge in [0.2, 0.25) is 5.91 Å². The lowest BCUT2D eigenvalue weighted by Gasteiger charge is -2.31. The molecule has 1 aliphatic heterocycles. The minimum absolute atomic E-state index is 0.0271. The molecule has 1 saturated heterocycles. The second-order valence-electron chi connectivity index (χ2n) is 6.56. The van der Waals surface area contributed by atoms with Crippen LogP contribution < -0.4 is 5.32 Å². The summed E-state index contributed by atoms with van der Waals surface area (Å²) in [6.07, 6.45) is 1.64. The molecule has 0 aromatic heterocycles. The molecule has 0 spiro atoms. The van der Waals surface area contributed by atoms with Crippen LogP contribution in [-0.4, -0.2) is 37.0 Å². The molecule has 0 saturated carbocycles. The van der Waals surface area contributed by atoms with Crippen LogP contribution in [0.4, 0.5) is 5.69 Å². The standard InChI is InChI=1S/C21H24N2O3/c1-26-21(25)18-9-5-6-10-19(18)22-20(24)17-11-13-23(14-12-17)15-16-7-3-2-4-8-16/h2-10,17H,11-15H2,1H3,(H,22,24). The minimum atomic E-state index is -0.446. The van der Waals surface area contributed by atoms with Crippen molar-refractivity contribution < 1.29 is 14.3 Å². The average molecular weight is 352 g/mol. The normalized spacial score (nSPS) is 15.4. The monoisotopic (exact) mass is 352 g/mol. The Bertz CT molecular complexity index is 753. The van der Waals surface area contributed by atoms with Gasteiger partial charge in [0.05, 0.1) is 18.4 Å². The van der Waals surface area contributed by atoms with Crippen molar-refractivity contribution in [3.05, 3.63) is 65.7 Å². The summed E-state index contributed by atoms with van der Waals surface area (Å²) >= 11 is 0. The number of nitrogens with one attached hydrogen (secondary N) is 1. The fourth-order valence-electron chi connectivity index (χ4n) is 3.31. The topological polar surface area (TPSA) is 58.6 Å². The number of para-hydroxylation sites is 1. The molecular formula is C21H24N2O3. The maximum absolute atomic E-state index is 12.6. The number of rotatable bonds is 5. The molecule has 26 heavy (non-hydrogen) atoms. The van der Waals surface area contributed by atoms with Crippen molar-refractivity contribution in [1.82, 2.24) is 4.90 Å². The van der Waals surface area contributed by atoms with Gasteiger partial charge >= 0.3 is 5.97 Å². The summed E-state index contributed by atoms with van der Waals surface area (Å²) in [5, 5.41) is 2.90. The highest BCUT2D eigenvalue weighted by atomic mass is 16.5. The Morgan fingerprint density at radius 1 is 1.04 bits per heavy atom. The molecule has 2 aromatic carbocycles. The van der Waals surface area contributed by atoms with Gasteiger partial charge in [0.15, 0.2) is 0 Å². The second-order valence-corrected chi connectivity index (χ2v) is 6.56. The third-order valence-electron chi connectivity index (χ3n) is 4.80. The van der Waals surface area contributed by atoms with E-state index in [0.717, 1.165) is 32.5 Å². The van der Waals surface area contributed by atoms with Gasteiger partial charge in [-0.25, -0.2) is 4.79 Å². The van der Waals surface area contributed by atoms with Crippen molar-refractivity contribution >= 4 is 17.6 Å². The van der Waals surface area contributed by atoms with Crippen LogP contribution in [0.25, 0.3) is 0 Å². The zero-order valence-electron chi connectivity index (χ0n) is 15.0.